The van der Waals surface area contributed by atoms with E-state index in [-0.39, 0.29) is 5.78 Å². The van der Waals surface area contributed by atoms with Crippen LogP contribution in [0.15, 0.2) is 79.9 Å². The minimum atomic E-state index is 0.0230. The monoisotopic (exact) mass is 566 g/mol. The third-order valence-electron chi connectivity index (χ3n) is 5.86. The maximum atomic E-state index is 11.0. The molecule has 4 heterocycles. The normalized spacial score (nSPS) is 11.0. The smallest absolute Gasteiger partial charge is 0.245 e. The van der Waals surface area contributed by atoms with Crippen molar-refractivity contribution >= 4 is 52.1 Å². The number of allylic oxidation sites excluding steroid dienone is 1. The summed E-state index contributed by atoms with van der Waals surface area (Å²) in [5.41, 5.74) is 5.87. The van der Waals surface area contributed by atoms with Crippen molar-refractivity contribution in [2.45, 2.75) is 13.8 Å². The molecular weight excluding hydrogens is 544 g/mol. The maximum Gasteiger partial charge on any atom is 0.245 e. The van der Waals surface area contributed by atoms with Crippen molar-refractivity contribution in [1.82, 2.24) is 39.0 Å². The fourth-order valence-corrected chi connectivity index (χ4v) is 4.09. The van der Waals surface area contributed by atoms with E-state index in [1.807, 2.05) is 47.9 Å². The SMILES string of the molecule is CCOc1ncnc2c1ncn2-c1ccc(C=CC(C)=O)cc1.O=Cc1ccc(-n2cnc3c(Cl)ncnc32)cc1. The Hall–Kier alpha value is -5.29. The standard InChI is InChI=1S/C17H16N4O2.C12H7ClN4O/c1-3-23-17-15-16(18-10-19-17)21(11-20-15)14-8-6-13(7-9-14)5-4-12(2)22;13-11-10-12(15-6-14-11)17(7-16-10)9-3-1-8(5-18)2-4-9/h4-11H,3H2,1-2H3;1-7H. The Kier molecular flexibility index (Phi) is 8.16. The number of fused-ring (bicyclic) bond motifs is 2. The largest absolute Gasteiger partial charge is 0.476 e. The van der Waals surface area contributed by atoms with Gasteiger partial charge in [0, 0.05) is 16.9 Å². The molecule has 0 fully saturated rings. The predicted molar refractivity (Wildman–Crippen MR) is 155 cm³/mol. The van der Waals surface area contributed by atoms with Crippen LogP contribution in [-0.2, 0) is 4.79 Å². The molecule has 11 nitrogen and oxygen atoms in total. The molecule has 4 aromatic heterocycles. The van der Waals surface area contributed by atoms with E-state index < -0.39 is 0 Å². The van der Waals surface area contributed by atoms with E-state index in [1.165, 1.54) is 19.6 Å². The molecular formula is C29H23ClN8O3. The van der Waals surface area contributed by atoms with Gasteiger partial charge in [0.05, 0.1) is 6.61 Å². The second-order valence-electron chi connectivity index (χ2n) is 8.59. The van der Waals surface area contributed by atoms with Gasteiger partial charge in [0.1, 0.15) is 37.1 Å². The number of nitrogens with zero attached hydrogens (tertiary/aromatic N) is 8. The van der Waals surface area contributed by atoms with E-state index >= 15 is 0 Å². The second-order valence-corrected chi connectivity index (χ2v) is 8.95. The van der Waals surface area contributed by atoms with Crippen LogP contribution in [-0.4, -0.2) is 57.7 Å². The lowest BCUT2D eigenvalue weighted by molar-refractivity contribution is -0.112. The number of halogens is 1. The molecule has 0 unspecified atom stereocenters. The molecule has 2 aromatic carbocycles. The summed E-state index contributed by atoms with van der Waals surface area (Å²) in [4.78, 5) is 46.5. The Bertz CT molecular complexity index is 1860. The van der Waals surface area contributed by atoms with Gasteiger partial charge in [-0.15, -0.1) is 0 Å². The van der Waals surface area contributed by atoms with Gasteiger partial charge in [-0.1, -0.05) is 29.8 Å². The molecule has 0 spiro atoms. The molecule has 0 saturated heterocycles. The molecule has 41 heavy (non-hydrogen) atoms. The first-order valence-corrected chi connectivity index (χ1v) is 12.9. The summed E-state index contributed by atoms with van der Waals surface area (Å²) in [5, 5.41) is 0.322. The van der Waals surface area contributed by atoms with Crippen LogP contribution in [0.3, 0.4) is 0 Å². The minimum absolute atomic E-state index is 0.0230. The molecule has 12 heteroatoms. The first-order chi connectivity index (χ1) is 20.0. The molecule has 0 radical (unpaired) electrons. The van der Waals surface area contributed by atoms with Crippen molar-refractivity contribution < 1.29 is 14.3 Å². The van der Waals surface area contributed by atoms with Crippen LogP contribution < -0.4 is 4.74 Å². The molecule has 6 rings (SSSR count). The van der Waals surface area contributed by atoms with E-state index in [2.05, 4.69) is 29.9 Å². The minimum Gasteiger partial charge on any atom is -0.476 e. The van der Waals surface area contributed by atoms with E-state index in [0.29, 0.717) is 45.5 Å². The summed E-state index contributed by atoms with van der Waals surface area (Å²) < 4.78 is 9.14. The second kappa shape index (κ2) is 12.3. The highest BCUT2D eigenvalue weighted by Crippen LogP contribution is 2.23. The van der Waals surface area contributed by atoms with Gasteiger partial charge in [0.15, 0.2) is 27.7 Å². The molecule has 0 bridgehead atoms. The number of hydrogen-bond acceptors (Lipinski definition) is 9. The van der Waals surface area contributed by atoms with Crippen LogP contribution >= 0.6 is 11.6 Å². The molecule has 0 aliphatic carbocycles. The van der Waals surface area contributed by atoms with Crippen molar-refractivity contribution in [3.63, 3.8) is 0 Å². The van der Waals surface area contributed by atoms with E-state index in [1.54, 1.807) is 41.5 Å². The Morgan fingerprint density at radius 3 is 1.95 bits per heavy atom. The van der Waals surface area contributed by atoms with Crippen LogP contribution in [0.2, 0.25) is 5.15 Å². The number of aromatic nitrogens is 8. The number of carbonyl (C=O) groups excluding carboxylic acids is 2. The predicted octanol–water partition coefficient (Wildman–Crippen LogP) is 5.10. The quantitative estimate of drug-likeness (QED) is 0.147. The van der Waals surface area contributed by atoms with Crippen molar-refractivity contribution in [3.8, 4) is 17.3 Å². The Morgan fingerprint density at radius 1 is 0.805 bits per heavy atom. The van der Waals surface area contributed by atoms with Gasteiger partial charge in [0.25, 0.3) is 0 Å². The fourth-order valence-electron chi connectivity index (χ4n) is 3.91. The maximum absolute atomic E-state index is 11.0. The molecule has 6 aromatic rings. The van der Waals surface area contributed by atoms with E-state index in [0.717, 1.165) is 23.2 Å². The van der Waals surface area contributed by atoms with E-state index in [4.69, 9.17) is 16.3 Å². The van der Waals surface area contributed by atoms with Crippen molar-refractivity contribution in [2.24, 2.45) is 0 Å². The third kappa shape index (κ3) is 5.99. The van der Waals surface area contributed by atoms with Crippen LogP contribution in [0.25, 0.3) is 39.8 Å². The number of rotatable bonds is 7. The van der Waals surface area contributed by atoms with Gasteiger partial charge < -0.3 is 4.74 Å². The van der Waals surface area contributed by atoms with Gasteiger partial charge in [-0.3, -0.25) is 18.7 Å². The Morgan fingerprint density at radius 2 is 1.37 bits per heavy atom. The number of aldehydes is 1. The van der Waals surface area contributed by atoms with Crippen LogP contribution in [0.5, 0.6) is 5.88 Å². The summed E-state index contributed by atoms with van der Waals surface area (Å²) in [6.07, 6.45) is 10.3. The van der Waals surface area contributed by atoms with E-state index in [9.17, 15) is 9.59 Å². The average molecular weight is 567 g/mol. The molecule has 0 saturated carbocycles. The molecule has 0 aliphatic rings. The molecule has 0 amide bonds. The third-order valence-corrected chi connectivity index (χ3v) is 6.14. The molecule has 0 atom stereocenters. The zero-order valence-electron chi connectivity index (χ0n) is 22.0. The zero-order valence-corrected chi connectivity index (χ0v) is 22.8. The van der Waals surface area contributed by atoms with Gasteiger partial charge in [-0.25, -0.2) is 24.9 Å². The molecule has 0 N–H and O–H groups in total. The Labute approximate surface area is 239 Å². The van der Waals surface area contributed by atoms with Gasteiger partial charge in [-0.2, -0.15) is 4.98 Å². The summed E-state index contributed by atoms with van der Waals surface area (Å²) in [7, 11) is 0. The van der Waals surface area contributed by atoms with Crippen molar-refractivity contribution in [3.05, 3.63) is 96.2 Å². The average Bonchev–Trinajstić information content (AvgIpc) is 3.63. The number of ether oxygens (including phenoxy) is 1. The summed E-state index contributed by atoms with van der Waals surface area (Å²) in [5.74, 6) is 0.507. The summed E-state index contributed by atoms with van der Waals surface area (Å²) >= 11 is 5.93. The highest BCUT2D eigenvalue weighted by atomic mass is 35.5. The zero-order chi connectivity index (χ0) is 28.8. The number of benzene rings is 2. The lowest BCUT2D eigenvalue weighted by Crippen LogP contribution is -1.98. The highest BCUT2D eigenvalue weighted by molar-refractivity contribution is 6.33. The summed E-state index contributed by atoms with van der Waals surface area (Å²) in [6.45, 7) is 3.95. The van der Waals surface area contributed by atoms with Crippen LogP contribution in [0.1, 0.15) is 29.8 Å². The summed E-state index contributed by atoms with van der Waals surface area (Å²) in [6, 6.07) is 14.9. The number of imidazole rings is 2. The number of hydrogen-bond donors (Lipinski definition) is 0. The fraction of sp³-hybridized carbons (Fsp3) is 0.103. The van der Waals surface area contributed by atoms with Crippen LogP contribution in [0.4, 0.5) is 0 Å². The van der Waals surface area contributed by atoms with Gasteiger partial charge in [0.2, 0.25) is 5.88 Å². The lowest BCUT2D eigenvalue weighted by Gasteiger charge is -2.05. The van der Waals surface area contributed by atoms with Crippen molar-refractivity contribution in [1.29, 1.82) is 0 Å². The van der Waals surface area contributed by atoms with Gasteiger partial charge in [-0.05, 0) is 61.9 Å². The van der Waals surface area contributed by atoms with Gasteiger partial charge >= 0.3 is 0 Å². The highest BCUT2D eigenvalue weighted by Gasteiger charge is 2.12. The van der Waals surface area contributed by atoms with Crippen LogP contribution in [0, 0.1) is 0 Å². The van der Waals surface area contributed by atoms with Crippen molar-refractivity contribution in [2.75, 3.05) is 6.61 Å². The number of ketones is 1. The Balaban J connectivity index is 0.000000169. The lowest BCUT2D eigenvalue weighted by atomic mass is 10.2. The topological polar surface area (TPSA) is 131 Å². The number of carbonyl (C=O) groups is 2. The first kappa shape index (κ1) is 27.3. The molecule has 0 aliphatic heterocycles. The molecule has 204 valence electrons. The first-order valence-electron chi connectivity index (χ1n) is 12.5.